The van der Waals surface area contributed by atoms with Crippen LogP contribution in [0.3, 0.4) is 0 Å². The van der Waals surface area contributed by atoms with E-state index in [4.69, 9.17) is 5.73 Å². The van der Waals surface area contributed by atoms with E-state index in [2.05, 4.69) is 11.8 Å². The summed E-state index contributed by atoms with van der Waals surface area (Å²) >= 11 is 0. The molecule has 2 rings (SSSR count). The van der Waals surface area contributed by atoms with Crippen molar-refractivity contribution in [3.05, 3.63) is 29.6 Å². The van der Waals surface area contributed by atoms with Crippen molar-refractivity contribution in [1.29, 1.82) is 0 Å². The average Bonchev–Trinajstić information content (AvgIpc) is 2.41. The largest absolute Gasteiger partial charge is 0.368 e. The molecule has 1 aliphatic rings. The Kier molecular flexibility index (Phi) is 4.59. The van der Waals surface area contributed by atoms with Crippen molar-refractivity contribution in [2.45, 2.75) is 51.6 Å². The van der Waals surface area contributed by atoms with Gasteiger partial charge >= 0.3 is 0 Å². The monoisotopic (exact) mass is 250 g/mol. The van der Waals surface area contributed by atoms with E-state index in [-0.39, 0.29) is 12.4 Å². The van der Waals surface area contributed by atoms with Gasteiger partial charge in [-0.1, -0.05) is 25.3 Å². The number of anilines is 1. The first kappa shape index (κ1) is 13.3. The SMILES string of the molecule is CCN(c1cccc(F)c1CN)C1CCCCC1. The van der Waals surface area contributed by atoms with Crippen LogP contribution in [-0.2, 0) is 6.54 Å². The molecular formula is C15H23FN2. The van der Waals surface area contributed by atoms with Gasteiger partial charge in [0, 0.05) is 30.4 Å². The third-order valence-electron chi connectivity index (χ3n) is 3.96. The summed E-state index contributed by atoms with van der Waals surface area (Å²) in [6.45, 7) is 3.33. The Morgan fingerprint density at radius 2 is 2.00 bits per heavy atom. The molecule has 2 N–H and O–H groups in total. The Bertz CT molecular complexity index is 386. The van der Waals surface area contributed by atoms with Crippen molar-refractivity contribution in [3.63, 3.8) is 0 Å². The molecule has 3 heteroatoms. The number of hydrogen-bond donors (Lipinski definition) is 1. The molecule has 0 heterocycles. The topological polar surface area (TPSA) is 29.3 Å². The molecule has 0 spiro atoms. The van der Waals surface area contributed by atoms with E-state index in [0.717, 1.165) is 12.2 Å². The summed E-state index contributed by atoms with van der Waals surface area (Å²) in [7, 11) is 0. The summed E-state index contributed by atoms with van der Waals surface area (Å²) < 4.78 is 13.8. The average molecular weight is 250 g/mol. The van der Waals surface area contributed by atoms with Gasteiger partial charge in [-0.05, 0) is 31.9 Å². The van der Waals surface area contributed by atoms with Crippen molar-refractivity contribution in [2.24, 2.45) is 5.73 Å². The highest BCUT2D eigenvalue weighted by atomic mass is 19.1. The second-order valence-corrected chi connectivity index (χ2v) is 5.02. The molecule has 0 unspecified atom stereocenters. The molecule has 0 saturated heterocycles. The van der Waals surface area contributed by atoms with Crippen molar-refractivity contribution >= 4 is 5.69 Å². The molecule has 2 nitrogen and oxygen atoms in total. The Balaban J connectivity index is 2.28. The van der Waals surface area contributed by atoms with Crippen molar-refractivity contribution in [2.75, 3.05) is 11.4 Å². The molecule has 0 atom stereocenters. The van der Waals surface area contributed by atoms with Crippen LogP contribution in [0.1, 0.15) is 44.6 Å². The maximum absolute atomic E-state index is 13.8. The minimum absolute atomic E-state index is 0.177. The molecule has 1 aromatic rings. The molecule has 1 aliphatic carbocycles. The molecule has 0 aromatic heterocycles. The van der Waals surface area contributed by atoms with Crippen LogP contribution in [-0.4, -0.2) is 12.6 Å². The Labute approximate surface area is 109 Å². The zero-order chi connectivity index (χ0) is 13.0. The fraction of sp³-hybridized carbons (Fsp3) is 0.600. The van der Waals surface area contributed by atoms with E-state index in [0.29, 0.717) is 11.6 Å². The molecular weight excluding hydrogens is 227 g/mol. The van der Waals surface area contributed by atoms with Crippen molar-refractivity contribution < 1.29 is 4.39 Å². The third kappa shape index (κ3) is 2.66. The predicted octanol–water partition coefficient (Wildman–Crippen LogP) is 3.44. The lowest BCUT2D eigenvalue weighted by Crippen LogP contribution is -2.37. The van der Waals surface area contributed by atoms with Gasteiger partial charge in [-0.2, -0.15) is 0 Å². The number of rotatable bonds is 4. The molecule has 100 valence electrons. The van der Waals surface area contributed by atoms with Crippen LogP contribution in [0.25, 0.3) is 0 Å². The lowest BCUT2D eigenvalue weighted by molar-refractivity contribution is 0.417. The highest BCUT2D eigenvalue weighted by molar-refractivity contribution is 5.55. The van der Waals surface area contributed by atoms with Crippen LogP contribution in [0.5, 0.6) is 0 Å². The summed E-state index contributed by atoms with van der Waals surface area (Å²) in [5.74, 6) is -0.177. The Hall–Kier alpha value is -1.09. The first-order valence-corrected chi connectivity index (χ1v) is 7.02. The maximum Gasteiger partial charge on any atom is 0.129 e. The molecule has 0 bridgehead atoms. The molecule has 0 aliphatic heterocycles. The van der Waals surface area contributed by atoms with E-state index in [1.165, 1.54) is 38.2 Å². The highest BCUT2D eigenvalue weighted by Gasteiger charge is 2.22. The first-order chi connectivity index (χ1) is 8.77. The number of halogens is 1. The third-order valence-corrected chi connectivity index (χ3v) is 3.96. The summed E-state index contributed by atoms with van der Waals surface area (Å²) in [5, 5.41) is 0. The molecule has 0 amide bonds. The molecule has 0 radical (unpaired) electrons. The quantitative estimate of drug-likeness (QED) is 0.887. The maximum atomic E-state index is 13.8. The fourth-order valence-electron chi connectivity index (χ4n) is 3.04. The predicted molar refractivity (Wildman–Crippen MR) is 74.2 cm³/mol. The smallest absolute Gasteiger partial charge is 0.129 e. The van der Waals surface area contributed by atoms with Gasteiger partial charge in [-0.15, -0.1) is 0 Å². The van der Waals surface area contributed by atoms with Crippen LogP contribution in [0, 0.1) is 5.82 Å². The van der Waals surface area contributed by atoms with E-state index < -0.39 is 0 Å². The Morgan fingerprint density at radius 3 is 2.61 bits per heavy atom. The Morgan fingerprint density at radius 1 is 1.28 bits per heavy atom. The van der Waals surface area contributed by atoms with Gasteiger partial charge in [0.25, 0.3) is 0 Å². The number of nitrogens with zero attached hydrogens (tertiary/aromatic N) is 1. The van der Waals surface area contributed by atoms with Gasteiger partial charge < -0.3 is 10.6 Å². The summed E-state index contributed by atoms with van der Waals surface area (Å²) in [4.78, 5) is 2.34. The van der Waals surface area contributed by atoms with Crippen molar-refractivity contribution in [3.8, 4) is 0 Å². The number of hydrogen-bond acceptors (Lipinski definition) is 2. The van der Waals surface area contributed by atoms with E-state index >= 15 is 0 Å². The van der Waals surface area contributed by atoms with E-state index in [1.807, 2.05) is 6.07 Å². The van der Waals surface area contributed by atoms with Gasteiger partial charge in [0.2, 0.25) is 0 Å². The normalized spacial score (nSPS) is 16.8. The van der Waals surface area contributed by atoms with Gasteiger partial charge in [0.15, 0.2) is 0 Å². The van der Waals surface area contributed by atoms with Crippen molar-refractivity contribution in [1.82, 2.24) is 0 Å². The van der Waals surface area contributed by atoms with Crippen LogP contribution >= 0.6 is 0 Å². The standard InChI is InChI=1S/C15H23FN2/c1-2-18(12-7-4-3-5-8-12)15-10-6-9-14(16)13(15)11-17/h6,9-10,12H,2-5,7-8,11,17H2,1H3. The zero-order valence-corrected chi connectivity index (χ0v) is 11.2. The summed E-state index contributed by atoms with van der Waals surface area (Å²) in [6, 6.07) is 5.84. The summed E-state index contributed by atoms with van der Waals surface area (Å²) in [6.07, 6.45) is 6.34. The minimum Gasteiger partial charge on any atom is -0.368 e. The summed E-state index contributed by atoms with van der Waals surface area (Å²) in [5.41, 5.74) is 7.36. The second kappa shape index (κ2) is 6.19. The lowest BCUT2D eigenvalue weighted by atomic mass is 9.93. The van der Waals surface area contributed by atoms with Crippen LogP contribution in [0.4, 0.5) is 10.1 Å². The van der Waals surface area contributed by atoms with Crippen LogP contribution < -0.4 is 10.6 Å². The molecule has 1 fully saturated rings. The number of nitrogens with two attached hydrogens (primary N) is 1. The van der Waals surface area contributed by atoms with Gasteiger partial charge in [0.1, 0.15) is 5.82 Å². The van der Waals surface area contributed by atoms with E-state index in [1.54, 1.807) is 6.07 Å². The van der Waals surface area contributed by atoms with Crippen LogP contribution in [0.2, 0.25) is 0 Å². The van der Waals surface area contributed by atoms with Gasteiger partial charge in [-0.3, -0.25) is 0 Å². The lowest BCUT2D eigenvalue weighted by Gasteiger charge is -2.36. The number of benzene rings is 1. The molecule has 1 aromatic carbocycles. The second-order valence-electron chi connectivity index (χ2n) is 5.02. The van der Waals surface area contributed by atoms with Gasteiger partial charge in [-0.25, -0.2) is 4.39 Å². The van der Waals surface area contributed by atoms with Crippen LogP contribution in [0.15, 0.2) is 18.2 Å². The first-order valence-electron chi connectivity index (χ1n) is 7.02. The molecule has 1 saturated carbocycles. The van der Waals surface area contributed by atoms with E-state index in [9.17, 15) is 4.39 Å². The highest BCUT2D eigenvalue weighted by Crippen LogP contribution is 2.30. The minimum atomic E-state index is -0.177. The van der Waals surface area contributed by atoms with Gasteiger partial charge in [0.05, 0.1) is 0 Å². The zero-order valence-electron chi connectivity index (χ0n) is 11.2. The fourth-order valence-corrected chi connectivity index (χ4v) is 3.04. The molecule has 18 heavy (non-hydrogen) atoms.